The van der Waals surface area contributed by atoms with Crippen LogP contribution in [0.3, 0.4) is 0 Å². The summed E-state index contributed by atoms with van der Waals surface area (Å²) in [6.07, 6.45) is 4.84. The summed E-state index contributed by atoms with van der Waals surface area (Å²) in [6.45, 7) is 5.82. The van der Waals surface area contributed by atoms with Crippen LogP contribution in [-0.4, -0.2) is 56.8 Å². The van der Waals surface area contributed by atoms with E-state index in [0.717, 1.165) is 43.5 Å². The third-order valence-corrected chi connectivity index (χ3v) is 4.94. The van der Waals surface area contributed by atoms with Crippen molar-refractivity contribution in [2.45, 2.75) is 38.7 Å². The average molecular weight is 359 g/mol. The Morgan fingerprint density at radius 1 is 1.15 bits per heavy atom. The van der Waals surface area contributed by atoms with Crippen LogP contribution in [-0.2, 0) is 7.05 Å². The first-order chi connectivity index (χ1) is 12.4. The van der Waals surface area contributed by atoms with Crippen molar-refractivity contribution in [1.82, 2.24) is 24.5 Å². The first-order valence-electron chi connectivity index (χ1n) is 9.20. The fraction of sp³-hybridized carbons (Fsp3) is 0.667. The van der Waals surface area contributed by atoms with Crippen molar-refractivity contribution in [2.75, 3.05) is 37.0 Å². The van der Waals surface area contributed by atoms with E-state index in [0.29, 0.717) is 5.95 Å². The van der Waals surface area contributed by atoms with E-state index in [4.69, 9.17) is 0 Å². The molecular weight excluding hydrogens is 330 g/mol. The maximum Gasteiger partial charge on any atom is 0.230 e. The van der Waals surface area contributed by atoms with Gasteiger partial charge in [0.1, 0.15) is 17.8 Å². The van der Waals surface area contributed by atoms with Gasteiger partial charge in [-0.15, -0.1) is 0 Å². The first kappa shape index (κ1) is 18.6. The minimum Gasteiger partial charge on any atom is -0.385 e. The summed E-state index contributed by atoms with van der Waals surface area (Å²) in [5, 5.41) is 10.7. The Balaban J connectivity index is 1.72. The Bertz CT molecular complexity index is 709. The standard InChI is InChI=1S/C18H29N7O/c1-12(2)15-20-17(23(3)4)22-18(21-15)25-9-6-13(7-10-25)14(26)16-19-8-11-24(16)5/h8,11-14,26H,6-7,9-10H2,1-5H3. The van der Waals surface area contributed by atoms with Gasteiger partial charge in [0.25, 0.3) is 0 Å². The number of imidazole rings is 1. The Morgan fingerprint density at radius 3 is 2.38 bits per heavy atom. The summed E-state index contributed by atoms with van der Waals surface area (Å²) in [5.74, 6) is 3.42. The van der Waals surface area contributed by atoms with Crippen molar-refractivity contribution in [3.8, 4) is 0 Å². The Labute approximate surface area is 154 Å². The van der Waals surface area contributed by atoms with E-state index in [1.165, 1.54) is 0 Å². The molecule has 2 aromatic heterocycles. The molecular formula is C18H29N7O. The topological polar surface area (TPSA) is 83.2 Å². The summed E-state index contributed by atoms with van der Waals surface area (Å²) >= 11 is 0. The normalized spacial score (nSPS) is 17.0. The number of rotatable bonds is 5. The first-order valence-corrected chi connectivity index (χ1v) is 9.20. The molecule has 1 atom stereocenters. The summed E-state index contributed by atoms with van der Waals surface area (Å²) in [5.41, 5.74) is 0. The van der Waals surface area contributed by atoms with E-state index in [9.17, 15) is 5.11 Å². The third kappa shape index (κ3) is 3.80. The number of hydrogen-bond donors (Lipinski definition) is 1. The molecule has 0 spiro atoms. The van der Waals surface area contributed by atoms with Gasteiger partial charge in [-0.25, -0.2) is 4.98 Å². The number of nitrogens with zero attached hydrogens (tertiary/aromatic N) is 7. The van der Waals surface area contributed by atoms with Crippen LogP contribution in [0, 0.1) is 5.92 Å². The largest absolute Gasteiger partial charge is 0.385 e. The second-order valence-electron chi connectivity index (χ2n) is 7.51. The van der Waals surface area contributed by atoms with E-state index in [2.05, 4.69) is 38.7 Å². The molecule has 142 valence electrons. The van der Waals surface area contributed by atoms with Crippen LogP contribution in [0.5, 0.6) is 0 Å². The second kappa shape index (κ2) is 7.57. The lowest BCUT2D eigenvalue weighted by molar-refractivity contribution is 0.0823. The Hall–Kier alpha value is -2.22. The van der Waals surface area contributed by atoms with E-state index >= 15 is 0 Å². The molecule has 3 heterocycles. The molecule has 0 bridgehead atoms. The fourth-order valence-corrected chi connectivity index (χ4v) is 3.26. The summed E-state index contributed by atoms with van der Waals surface area (Å²) in [4.78, 5) is 22.2. The highest BCUT2D eigenvalue weighted by Crippen LogP contribution is 2.31. The monoisotopic (exact) mass is 359 g/mol. The van der Waals surface area contributed by atoms with Crippen molar-refractivity contribution in [2.24, 2.45) is 13.0 Å². The zero-order valence-corrected chi connectivity index (χ0v) is 16.3. The van der Waals surface area contributed by atoms with Gasteiger partial charge in [0.05, 0.1) is 0 Å². The summed E-state index contributed by atoms with van der Waals surface area (Å²) < 4.78 is 1.89. The lowest BCUT2D eigenvalue weighted by Crippen LogP contribution is -2.37. The van der Waals surface area contributed by atoms with Gasteiger partial charge >= 0.3 is 0 Å². The molecule has 1 fully saturated rings. The average Bonchev–Trinajstić information content (AvgIpc) is 3.06. The molecule has 8 heteroatoms. The van der Waals surface area contributed by atoms with Crippen LogP contribution in [0.4, 0.5) is 11.9 Å². The maximum absolute atomic E-state index is 10.7. The van der Waals surface area contributed by atoms with Crippen molar-refractivity contribution >= 4 is 11.9 Å². The number of aliphatic hydroxyl groups excluding tert-OH is 1. The van der Waals surface area contributed by atoms with Gasteiger partial charge in [-0.3, -0.25) is 0 Å². The molecule has 0 saturated carbocycles. The molecule has 1 aliphatic heterocycles. The predicted octanol–water partition coefficient (Wildman–Crippen LogP) is 1.74. The molecule has 0 radical (unpaired) electrons. The van der Waals surface area contributed by atoms with Gasteiger partial charge < -0.3 is 19.5 Å². The van der Waals surface area contributed by atoms with Gasteiger partial charge in [-0.1, -0.05) is 13.8 Å². The Kier molecular flexibility index (Phi) is 5.41. The zero-order chi connectivity index (χ0) is 18.8. The molecule has 1 unspecified atom stereocenters. The van der Waals surface area contributed by atoms with E-state index in [1.807, 2.05) is 36.8 Å². The quantitative estimate of drug-likeness (QED) is 0.870. The molecule has 3 rings (SSSR count). The van der Waals surface area contributed by atoms with Crippen molar-refractivity contribution in [3.05, 3.63) is 24.0 Å². The van der Waals surface area contributed by atoms with Crippen LogP contribution in [0.1, 0.15) is 50.4 Å². The molecule has 1 N–H and O–H groups in total. The molecule has 1 saturated heterocycles. The second-order valence-corrected chi connectivity index (χ2v) is 7.51. The van der Waals surface area contributed by atoms with Crippen molar-refractivity contribution < 1.29 is 5.11 Å². The smallest absolute Gasteiger partial charge is 0.230 e. The van der Waals surface area contributed by atoms with Crippen molar-refractivity contribution in [1.29, 1.82) is 0 Å². The lowest BCUT2D eigenvalue weighted by atomic mass is 9.91. The van der Waals surface area contributed by atoms with E-state index in [-0.39, 0.29) is 11.8 Å². The molecule has 0 amide bonds. The van der Waals surface area contributed by atoms with E-state index < -0.39 is 6.10 Å². The fourth-order valence-electron chi connectivity index (χ4n) is 3.26. The number of anilines is 2. The van der Waals surface area contributed by atoms with Crippen LogP contribution in [0.25, 0.3) is 0 Å². The minimum absolute atomic E-state index is 0.201. The predicted molar refractivity (Wildman–Crippen MR) is 101 cm³/mol. The minimum atomic E-state index is -0.529. The SMILES string of the molecule is CC(C)c1nc(N(C)C)nc(N2CCC(C(O)c3nccn3C)CC2)n1. The van der Waals surface area contributed by atoms with Crippen LogP contribution in [0.15, 0.2) is 12.4 Å². The van der Waals surface area contributed by atoms with Gasteiger partial charge in [0, 0.05) is 52.5 Å². The van der Waals surface area contributed by atoms with Crippen LogP contribution >= 0.6 is 0 Å². The molecule has 0 aliphatic carbocycles. The number of aliphatic hydroxyl groups is 1. The Morgan fingerprint density at radius 2 is 1.85 bits per heavy atom. The number of aryl methyl sites for hydroxylation is 1. The number of aromatic nitrogens is 5. The highest BCUT2D eigenvalue weighted by atomic mass is 16.3. The van der Waals surface area contributed by atoms with Gasteiger partial charge in [0.15, 0.2) is 0 Å². The highest BCUT2D eigenvalue weighted by Gasteiger charge is 2.29. The molecule has 2 aromatic rings. The number of piperidine rings is 1. The lowest BCUT2D eigenvalue weighted by Gasteiger charge is -2.34. The molecule has 0 aromatic carbocycles. The molecule has 8 nitrogen and oxygen atoms in total. The van der Waals surface area contributed by atoms with Crippen LogP contribution in [0.2, 0.25) is 0 Å². The van der Waals surface area contributed by atoms with Gasteiger partial charge in [-0.2, -0.15) is 15.0 Å². The summed E-state index contributed by atoms with van der Waals surface area (Å²) in [7, 11) is 5.80. The van der Waals surface area contributed by atoms with Gasteiger partial charge in [-0.05, 0) is 18.8 Å². The third-order valence-electron chi connectivity index (χ3n) is 4.94. The van der Waals surface area contributed by atoms with Gasteiger partial charge in [0.2, 0.25) is 11.9 Å². The van der Waals surface area contributed by atoms with E-state index in [1.54, 1.807) is 6.20 Å². The summed E-state index contributed by atoms with van der Waals surface area (Å²) in [6, 6.07) is 0. The molecule has 1 aliphatic rings. The zero-order valence-electron chi connectivity index (χ0n) is 16.3. The highest BCUT2D eigenvalue weighted by molar-refractivity contribution is 5.39. The number of hydrogen-bond acceptors (Lipinski definition) is 7. The molecule has 26 heavy (non-hydrogen) atoms. The van der Waals surface area contributed by atoms with Crippen molar-refractivity contribution in [3.63, 3.8) is 0 Å². The van der Waals surface area contributed by atoms with Crippen LogP contribution < -0.4 is 9.80 Å². The maximum atomic E-state index is 10.7.